The van der Waals surface area contributed by atoms with Crippen LogP contribution in [-0.2, 0) is 86.4 Å². The molecular weight excluding hydrogens is 945 g/mol. The molecular formula is C47H78N10O15. The van der Waals surface area contributed by atoms with Crippen LogP contribution in [-0.4, -0.2) is 174 Å². The Balaban J connectivity index is 1.50. The van der Waals surface area contributed by atoms with E-state index in [9.17, 15) is 33.6 Å². The van der Waals surface area contributed by atoms with Gasteiger partial charge in [-0.05, 0) is 62.6 Å². The van der Waals surface area contributed by atoms with Crippen molar-refractivity contribution in [1.29, 1.82) is 0 Å². The van der Waals surface area contributed by atoms with E-state index in [4.69, 9.17) is 49.4 Å². The van der Waals surface area contributed by atoms with E-state index in [0.717, 1.165) is 18.4 Å². The number of nitrogens with two attached hydrogens (primary N) is 2. The number of unbranched alkanes of at least 4 members (excludes halogenated alkanes) is 1. The maximum atomic E-state index is 13.4. The van der Waals surface area contributed by atoms with Crippen LogP contribution >= 0.6 is 0 Å². The number of carbonyl (C=O) groups is 7. The lowest BCUT2D eigenvalue weighted by molar-refractivity contribution is -0.142. The Bertz CT molecular complexity index is 1870. The maximum Gasteiger partial charge on any atom is 0.312 e. The molecule has 1 unspecified atom stereocenters. The van der Waals surface area contributed by atoms with E-state index in [0.29, 0.717) is 90.2 Å². The molecule has 2 rings (SSSR count). The second kappa shape index (κ2) is 38.9. The molecule has 0 saturated carbocycles. The number of esters is 1. The fourth-order valence-electron chi connectivity index (χ4n) is 6.18. The molecule has 0 aliphatic heterocycles. The minimum Gasteiger partial charge on any atom is -0.461 e. The number of anilines is 1. The van der Waals surface area contributed by atoms with Crippen molar-refractivity contribution in [3.63, 3.8) is 0 Å². The zero-order valence-electron chi connectivity index (χ0n) is 42.3. The molecule has 0 spiro atoms. The molecule has 0 bridgehead atoms. The quantitative estimate of drug-likeness (QED) is 0.0346. The number of nitrogens with one attached hydrogen (secondary N) is 5. The van der Waals surface area contributed by atoms with Crippen LogP contribution in [0.25, 0.3) is 0 Å². The first-order valence-electron chi connectivity index (χ1n) is 24.3. The molecule has 25 nitrogen and oxygen atoms in total. The molecule has 1 aromatic heterocycles. The summed E-state index contributed by atoms with van der Waals surface area (Å²) < 4.78 is 45.3. The van der Waals surface area contributed by atoms with Gasteiger partial charge in [0.05, 0.1) is 105 Å². The predicted molar refractivity (Wildman–Crippen MR) is 261 cm³/mol. The molecule has 72 heavy (non-hydrogen) atoms. The number of hydrogen-bond acceptors (Lipinski definition) is 18. The molecule has 25 heteroatoms. The third kappa shape index (κ3) is 31.6. The van der Waals surface area contributed by atoms with E-state index >= 15 is 0 Å². The molecule has 0 aliphatic rings. The van der Waals surface area contributed by atoms with Crippen LogP contribution in [0.15, 0.2) is 30.5 Å². The highest BCUT2D eigenvalue weighted by atomic mass is 16.6. The molecule has 0 saturated heterocycles. The summed E-state index contributed by atoms with van der Waals surface area (Å²) in [6.07, 6.45) is 4.67. The molecule has 2 aromatic rings. The minimum absolute atomic E-state index is 0.0253. The lowest BCUT2D eigenvalue weighted by Gasteiger charge is -2.25. The molecule has 6 amide bonds. The second-order valence-corrected chi connectivity index (χ2v) is 16.7. The molecule has 3 atom stereocenters. The third-order valence-corrected chi connectivity index (χ3v) is 10.2. The summed E-state index contributed by atoms with van der Waals surface area (Å²) in [5.41, 5.74) is 12.7. The summed E-state index contributed by atoms with van der Waals surface area (Å²) in [6.45, 7) is 11.5. The Labute approximate surface area is 421 Å². The van der Waals surface area contributed by atoms with Crippen molar-refractivity contribution in [2.45, 2.75) is 104 Å². The van der Waals surface area contributed by atoms with E-state index in [-0.39, 0.29) is 83.2 Å². The normalized spacial score (nSPS) is 12.4. The monoisotopic (exact) mass is 1020 g/mol. The topological polar surface area (TPSA) is 336 Å². The fraction of sp³-hybridized carbons (Fsp3) is 0.681. The van der Waals surface area contributed by atoms with Gasteiger partial charge in [0.1, 0.15) is 36.8 Å². The summed E-state index contributed by atoms with van der Waals surface area (Å²) in [4.78, 5) is 84.8. The number of ketones is 1. The lowest BCUT2D eigenvalue weighted by Crippen LogP contribution is -2.55. The zero-order chi connectivity index (χ0) is 52.8. The number of hydrogen-bond donors (Lipinski definition) is 7. The predicted octanol–water partition coefficient (Wildman–Crippen LogP) is 0.263. The first-order valence-corrected chi connectivity index (χ1v) is 24.3. The van der Waals surface area contributed by atoms with Gasteiger partial charge >= 0.3 is 12.0 Å². The van der Waals surface area contributed by atoms with Gasteiger partial charge in [0.2, 0.25) is 23.6 Å². The van der Waals surface area contributed by atoms with Crippen molar-refractivity contribution in [2.24, 2.45) is 17.4 Å². The van der Waals surface area contributed by atoms with Gasteiger partial charge in [-0.15, -0.1) is 5.10 Å². The average Bonchev–Trinajstić information content (AvgIpc) is 3.80. The smallest absolute Gasteiger partial charge is 0.312 e. The van der Waals surface area contributed by atoms with Crippen molar-refractivity contribution in [2.75, 3.05) is 104 Å². The fourth-order valence-corrected chi connectivity index (χ4v) is 6.18. The number of rotatable bonds is 43. The molecule has 0 radical (unpaired) electrons. The minimum atomic E-state index is -1.02. The summed E-state index contributed by atoms with van der Waals surface area (Å²) in [7, 11) is 0. The molecule has 1 heterocycles. The highest BCUT2D eigenvalue weighted by Crippen LogP contribution is 2.13. The highest BCUT2D eigenvalue weighted by Gasteiger charge is 2.29. The standard InChI is InChI=1S/C47H78N10O15/c1-34(2)44(46(63)53-41(9-7-16-51-47(49)64)45(62)52-38-12-10-37(11-13-38)31-72-36(4)59)54-43(61)33-71-29-27-69-26-28-70-32-39-30-57(56-55-39)17-19-66-21-23-68-25-24-67-22-20-65-18-14-42(60)50-15-6-5-8-40(48)35(3)58/h10-13,30,34,40-41,44H,5-9,14-29,31-33,48H2,1-4H3,(H,50,60)(H,52,62)(H,53,63)(H,54,61)(H3,49,51,64)/t40-,41+,44?/m1/s1. The average molecular weight is 1020 g/mol. The van der Waals surface area contributed by atoms with E-state index in [1.165, 1.54) is 13.8 Å². The van der Waals surface area contributed by atoms with Crippen molar-refractivity contribution < 1.29 is 71.5 Å². The van der Waals surface area contributed by atoms with Crippen LogP contribution in [0.5, 0.6) is 0 Å². The summed E-state index contributed by atoms with van der Waals surface area (Å²) >= 11 is 0. The Kier molecular flexibility index (Phi) is 33.8. The van der Waals surface area contributed by atoms with E-state index < -0.39 is 47.8 Å². The van der Waals surface area contributed by atoms with Crippen molar-refractivity contribution >= 4 is 47.1 Å². The van der Waals surface area contributed by atoms with Gasteiger partial charge in [0.25, 0.3) is 0 Å². The van der Waals surface area contributed by atoms with Crippen LogP contribution in [0.1, 0.15) is 77.5 Å². The van der Waals surface area contributed by atoms with Gasteiger partial charge in [-0.2, -0.15) is 0 Å². The molecule has 9 N–H and O–H groups in total. The number of benzene rings is 1. The molecule has 406 valence electrons. The van der Waals surface area contributed by atoms with E-state index in [1.807, 2.05) is 0 Å². The van der Waals surface area contributed by atoms with Gasteiger partial charge in [-0.25, -0.2) is 9.48 Å². The molecule has 1 aromatic carbocycles. The van der Waals surface area contributed by atoms with Gasteiger partial charge < -0.3 is 75.9 Å². The van der Waals surface area contributed by atoms with E-state index in [2.05, 4.69) is 36.9 Å². The Morgan fingerprint density at radius 2 is 1.25 bits per heavy atom. The van der Waals surface area contributed by atoms with Crippen LogP contribution in [0.3, 0.4) is 0 Å². The zero-order valence-corrected chi connectivity index (χ0v) is 42.3. The Hall–Kier alpha value is -5.67. The van der Waals surface area contributed by atoms with Crippen LogP contribution in [0.2, 0.25) is 0 Å². The summed E-state index contributed by atoms with van der Waals surface area (Å²) in [5, 5.41) is 21.6. The first kappa shape index (κ1) is 62.4. The van der Waals surface area contributed by atoms with Gasteiger partial charge in [-0.1, -0.05) is 31.2 Å². The number of urea groups is 1. The number of aromatic nitrogens is 3. The Morgan fingerprint density at radius 3 is 1.86 bits per heavy atom. The van der Waals surface area contributed by atoms with Gasteiger partial charge in [0, 0.05) is 32.1 Å². The van der Waals surface area contributed by atoms with Crippen LogP contribution < -0.4 is 38.1 Å². The van der Waals surface area contributed by atoms with Crippen LogP contribution in [0, 0.1) is 5.92 Å². The molecule has 0 fully saturated rings. The highest BCUT2D eigenvalue weighted by molar-refractivity contribution is 5.98. The van der Waals surface area contributed by atoms with Crippen molar-refractivity contribution in [1.82, 2.24) is 36.3 Å². The maximum absolute atomic E-state index is 13.4. The number of ether oxygens (including phenoxy) is 8. The van der Waals surface area contributed by atoms with Crippen molar-refractivity contribution in [3.05, 3.63) is 41.7 Å². The molecule has 0 aliphatic carbocycles. The second-order valence-electron chi connectivity index (χ2n) is 16.7. The number of nitrogens with zero attached hydrogens (tertiary/aromatic N) is 3. The SMILES string of the molecule is CC(=O)OCc1ccc(NC(=O)[C@H](CCCNC(N)=O)NC(=O)C(NC(=O)COCCOCCOCc2cn(CCOCCOCCOCCOCCC(=O)NCCCC[C@@H](N)C(C)=O)nn2)C(C)C)cc1. The number of primary amides is 1. The third-order valence-electron chi connectivity index (χ3n) is 10.2. The summed E-state index contributed by atoms with van der Waals surface area (Å²) in [5.74, 6) is -2.50. The van der Waals surface area contributed by atoms with Gasteiger partial charge in [-0.3, -0.25) is 28.8 Å². The van der Waals surface area contributed by atoms with Crippen molar-refractivity contribution in [3.8, 4) is 0 Å². The largest absolute Gasteiger partial charge is 0.461 e. The lowest BCUT2D eigenvalue weighted by atomic mass is 10.0. The number of amides is 6. The van der Waals surface area contributed by atoms with Crippen LogP contribution in [0.4, 0.5) is 10.5 Å². The Morgan fingerprint density at radius 1 is 0.653 bits per heavy atom. The first-order chi connectivity index (χ1) is 34.6. The number of Topliss-reactive ketones (excluding diaryl/α,β-unsaturated/α-hetero) is 1. The van der Waals surface area contributed by atoms with E-state index in [1.54, 1.807) is 49.0 Å². The number of carbonyl (C=O) groups excluding carboxylic acids is 7. The van der Waals surface area contributed by atoms with Gasteiger partial charge in [0.15, 0.2) is 0 Å². The summed E-state index contributed by atoms with van der Waals surface area (Å²) in [6, 6.07) is 3.49.